The number of methoxy groups -OCH3 is 1. The number of amides is 1. The summed E-state index contributed by atoms with van der Waals surface area (Å²) < 4.78 is 6.47. The number of rotatable bonds is 9. The van der Waals surface area contributed by atoms with Gasteiger partial charge in [0.05, 0.1) is 13.1 Å². The lowest BCUT2D eigenvalue weighted by molar-refractivity contribution is -0.117. The molecule has 0 saturated heterocycles. The minimum Gasteiger partial charge on any atom is -0.385 e. The molecule has 9 nitrogen and oxygen atoms in total. The Balaban J connectivity index is 1.68. The average molecular weight is 492 g/mol. The fraction of sp³-hybridized carbons (Fsp3) is 0.370. The van der Waals surface area contributed by atoms with Crippen LogP contribution in [0.2, 0.25) is 0 Å². The molecule has 0 unspecified atom stereocenters. The van der Waals surface area contributed by atoms with Crippen molar-refractivity contribution in [2.24, 2.45) is 0 Å². The van der Waals surface area contributed by atoms with Gasteiger partial charge in [-0.1, -0.05) is 48.0 Å². The number of anilines is 3. The summed E-state index contributed by atoms with van der Waals surface area (Å²) in [7, 11) is 1.58. The van der Waals surface area contributed by atoms with Gasteiger partial charge < -0.3 is 20.3 Å². The molecule has 1 aliphatic heterocycles. The molecule has 0 spiro atoms. The van der Waals surface area contributed by atoms with Crippen molar-refractivity contribution in [2.45, 2.75) is 32.7 Å². The van der Waals surface area contributed by atoms with Crippen LogP contribution in [-0.2, 0) is 22.5 Å². The maximum atomic E-state index is 13.7. The molecule has 0 saturated carbocycles. The van der Waals surface area contributed by atoms with Crippen LogP contribution in [0.15, 0.2) is 58.1 Å². The van der Waals surface area contributed by atoms with Gasteiger partial charge in [0.1, 0.15) is 5.82 Å². The Labute approximate surface area is 210 Å². The Hall–Kier alpha value is -3.85. The van der Waals surface area contributed by atoms with Crippen molar-refractivity contribution in [1.29, 1.82) is 0 Å². The second-order valence-electron chi connectivity index (χ2n) is 9.11. The smallest absolute Gasteiger partial charge is 0.330 e. The predicted molar refractivity (Wildman–Crippen MR) is 142 cm³/mol. The number of nitrogen functional groups attached to an aromatic ring is 1. The van der Waals surface area contributed by atoms with Gasteiger partial charge in [0.25, 0.3) is 5.56 Å². The number of fused-ring (bicyclic) bond motifs is 1. The highest BCUT2D eigenvalue weighted by Gasteiger charge is 2.27. The largest absolute Gasteiger partial charge is 0.385 e. The van der Waals surface area contributed by atoms with Crippen LogP contribution in [0.5, 0.6) is 0 Å². The molecule has 2 aromatic carbocycles. The first kappa shape index (κ1) is 25.2. The predicted octanol–water partition coefficient (Wildman–Crippen LogP) is 2.30. The van der Waals surface area contributed by atoms with Gasteiger partial charge in [-0.2, -0.15) is 0 Å². The van der Waals surface area contributed by atoms with Gasteiger partial charge in [-0.3, -0.25) is 19.1 Å². The van der Waals surface area contributed by atoms with Crippen LogP contribution in [0, 0.1) is 6.92 Å². The van der Waals surface area contributed by atoms with E-state index in [0.717, 1.165) is 30.6 Å². The molecule has 0 fully saturated rings. The number of aromatic amines is 1. The molecule has 1 amide bonds. The molecule has 4 rings (SSSR count). The van der Waals surface area contributed by atoms with E-state index >= 15 is 0 Å². The van der Waals surface area contributed by atoms with E-state index in [-0.39, 0.29) is 37.0 Å². The van der Waals surface area contributed by atoms with Crippen molar-refractivity contribution >= 4 is 23.1 Å². The third-order valence-electron chi connectivity index (χ3n) is 6.47. The highest BCUT2D eigenvalue weighted by molar-refractivity contribution is 5.98. The molecule has 0 radical (unpaired) electrons. The molecule has 1 aliphatic rings. The van der Waals surface area contributed by atoms with Crippen molar-refractivity contribution < 1.29 is 9.53 Å². The lowest BCUT2D eigenvalue weighted by Crippen LogP contribution is -2.46. The van der Waals surface area contributed by atoms with E-state index in [2.05, 4.69) is 18.0 Å². The topological polar surface area (TPSA) is 114 Å². The number of benzene rings is 2. The third-order valence-corrected chi connectivity index (χ3v) is 6.47. The summed E-state index contributed by atoms with van der Waals surface area (Å²) in [6.07, 6.45) is 2.42. The van der Waals surface area contributed by atoms with Crippen LogP contribution in [-0.4, -0.2) is 48.8 Å². The van der Waals surface area contributed by atoms with Gasteiger partial charge >= 0.3 is 5.69 Å². The van der Waals surface area contributed by atoms with Crippen LogP contribution >= 0.6 is 0 Å². The Bertz CT molecular complexity index is 1330. The van der Waals surface area contributed by atoms with Crippen LogP contribution in [0.3, 0.4) is 0 Å². The first-order valence-electron chi connectivity index (χ1n) is 12.2. The summed E-state index contributed by atoms with van der Waals surface area (Å²) in [6.45, 7) is 3.72. The summed E-state index contributed by atoms with van der Waals surface area (Å²) in [5.74, 6) is -0.297. The zero-order valence-corrected chi connectivity index (χ0v) is 20.8. The molecule has 9 heteroatoms. The molecule has 3 aromatic rings. The molecule has 0 bridgehead atoms. The second-order valence-corrected chi connectivity index (χ2v) is 9.11. The number of nitrogens with zero attached hydrogens (tertiary/aromatic N) is 3. The Morgan fingerprint density at radius 2 is 1.94 bits per heavy atom. The Kier molecular flexibility index (Phi) is 7.90. The van der Waals surface area contributed by atoms with E-state index in [1.807, 2.05) is 47.4 Å². The zero-order valence-electron chi connectivity index (χ0n) is 20.8. The number of carbonyl (C=O) groups excluding carboxylic acids is 1. The normalized spacial score (nSPS) is 12.9. The molecule has 2 heterocycles. The number of ether oxygens (including phenoxy) is 1. The summed E-state index contributed by atoms with van der Waals surface area (Å²) in [4.78, 5) is 45.1. The van der Waals surface area contributed by atoms with Crippen molar-refractivity contribution in [3.05, 3.63) is 86.1 Å². The monoisotopic (exact) mass is 491 g/mol. The SMILES string of the molecule is COCCCN(C(=O)CN1CCCc2cc(C)ccc21)c1c(N)n(Cc2ccccc2)c(=O)[nH]c1=O. The molecule has 0 aliphatic carbocycles. The fourth-order valence-corrected chi connectivity index (χ4v) is 4.71. The summed E-state index contributed by atoms with van der Waals surface area (Å²) in [5.41, 5.74) is 9.39. The van der Waals surface area contributed by atoms with E-state index in [1.165, 1.54) is 20.6 Å². The molecule has 0 atom stereocenters. The van der Waals surface area contributed by atoms with Crippen LogP contribution in [0.4, 0.5) is 17.2 Å². The number of hydrogen-bond acceptors (Lipinski definition) is 6. The third kappa shape index (κ3) is 5.52. The van der Waals surface area contributed by atoms with E-state index in [9.17, 15) is 14.4 Å². The van der Waals surface area contributed by atoms with Crippen LogP contribution in [0.1, 0.15) is 29.5 Å². The Morgan fingerprint density at radius 1 is 1.17 bits per heavy atom. The number of hydrogen-bond donors (Lipinski definition) is 2. The standard InChI is InChI=1S/C27H33N5O4/c1-19-11-12-22-21(16-19)10-6-13-30(22)18-23(33)31(14-7-15-36-2)24-25(28)32(27(35)29-26(24)34)17-20-8-4-3-5-9-20/h3-5,8-9,11-12,16H,6-7,10,13-15,17-18,28H2,1-2H3,(H,29,34,35). The van der Waals surface area contributed by atoms with Crippen LogP contribution < -0.4 is 26.8 Å². The number of carbonyl (C=O) groups is 1. The maximum absolute atomic E-state index is 13.7. The van der Waals surface area contributed by atoms with Crippen molar-refractivity contribution in [1.82, 2.24) is 9.55 Å². The highest BCUT2D eigenvalue weighted by Crippen LogP contribution is 2.28. The number of H-pyrrole nitrogens is 1. The first-order chi connectivity index (χ1) is 17.4. The van der Waals surface area contributed by atoms with E-state index in [4.69, 9.17) is 10.5 Å². The first-order valence-corrected chi connectivity index (χ1v) is 12.2. The van der Waals surface area contributed by atoms with Gasteiger partial charge in [0, 0.05) is 32.5 Å². The van der Waals surface area contributed by atoms with Gasteiger partial charge in [0.15, 0.2) is 5.69 Å². The molecule has 36 heavy (non-hydrogen) atoms. The van der Waals surface area contributed by atoms with Crippen LogP contribution in [0.25, 0.3) is 0 Å². The lowest BCUT2D eigenvalue weighted by Gasteiger charge is -2.33. The second kappa shape index (κ2) is 11.3. The fourth-order valence-electron chi connectivity index (χ4n) is 4.71. The number of aromatic nitrogens is 2. The van der Waals surface area contributed by atoms with Crippen molar-refractivity contribution in [3.63, 3.8) is 0 Å². The number of nitrogens with two attached hydrogens (primary N) is 1. The molecular formula is C27H33N5O4. The van der Waals surface area contributed by atoms with Gasteiger partial charge in [-0.15, -0.1) is 0 Å². The van der Waals surface area contributed by atoms with E-state index in [0.29, 0.717) is 13.0 Å². The quantitative estimate of drug-likeness (QED) is 0.444. The van der Waals surface area contributed by atoms with Gasteiger partial charge in [0.2, 0.25) is 5.91 Å². The van der Waals surface area contributed by atoms with Crippen molar-refractivity contribution in [3.8, 4) is 0 Å². The van der Waals surface area contributed by atoms with E-state index < -0.39 is 11.2 Å². The van der Waals surface area contributed by atoms with Gasteiger partial charge in [-0.25, -0.2) is 4.79 Å². The molecule has 3 N–H and O–H groups in total. The van der Waals surface area contributed by atoms with Gasteiger partial charge in [-0.05, 0) is 43.4 Å². The van der Waals surface area contributed by atoms with Crippen molar-refractivity contribution in [2.75, 3.05) is 48.9 Å². The summed E-state index contributed by atoms with van der Waals surface area (Å²) in [5, 5.41) is 0. The molecule has 1 aromatic heterocycles. The maximum Gasteiger partial charge on any atom is 0.330 e. The minimum absolute atomic E-state index is 0.00669. The summed E-state index contributed by atoms with van der Waals surface area (Å²) >= 11 is 0. The highest BCUT2D eigenvalue weighted by atomic mass is 16.5. The average Bonchev–Trinajstić information content (AvgIpc) is 2.86. The summed E-state index contributed by atoms with van der Waals surface area (Å²) in [6, 6.07) is 15.6. The Morgan fingerprint density at radius 3 is 2.69 bits per heavy atom. The number of aryl methyl sites for hydroxylation is 2. The molecule has 190 valence electrons. The number of nitrogens with one attached hydrogen (secondary N) is 1. The zero-order chi connectivity index (χ0) is 25.7. The minimum atomic E-state index is -0.678. The molecular weight excluding hydrogens is 458 g/mol. The lowest BCUT2D eigenvalue weighted by atomic mass is 9.99. The van der Waals surface area contributed by atoms with E-state index in [1.54, 1.807) is 7.11 Å².